The second kappa shape index (κ2) is 9.30. The molecule has 0 aliphatic carbocycles. The summed E-state index contributed by atoms with van der Waals surface area (Å²) in [6.45, 7) is -0.210. The van der Waals surface area contributed by atoms with Gasteiger partial charge in [-0.3, -0.25) is 4.79 Å². The van der Waals surface area contributed by atoms with E-state index in [1.54, 1.807) is 18.2 Å². The van der Waals surface area contributed by atoms with E-state index in [9.17, 15) is 23.1 Å². The second-order valence-electron chi connectivity index (χ2n) is 5.69. The number of benzene rings is 2. The number of aliphatic hydroxyl groups is 1. The molecule has 0 heterocycles. The fourth-order valence-electron chi connectivity index (χ4n) is 2.13. The lowest BCUT2D eigenvalue weighted by molar-refractivity contribution is -0.137. The Morgan fingerprint density at radius 2 is 1.81 bits per heavy atom. The fraction of sp³-hybridized carbons (Fsp3) is 0.278. The summed E-state index contributed by atoms with van der Waals surface area (Å²) >= 11 is 11.8. The topological polar surface area (TPSA) is 58.6 Å². The van der Waals surface area contributed by atoms with Crippen molar-refractivity contribution in [2.45, 2.75) is 18.7 Å². The molecule has 0 spiro atoms. The third-order valence-corrected chi connectivity index (χ3v) is 4.33. The van der Waals surface area contributed by atoms with Crippen molar-refractivity contribution < 1.29 is 27.8 Å². The summed E-state index contributed by atoms with van der Waals surface area (Å²) in [5.74, 6) is -0.131. The molecule has 0 saturated carbocycles. The summed E-state index contributed by atoms with van der Waals surface area (Å²) in [4.78, 5) is 11.8. The highest BCUT2D eigenvalue weighted by Crippen LogP contribution is 2.31. The lowest BCUT2D eigenvalue weighted by atomic mass is 10.1. The van der Waals surface area contributed by atoms with Gasteiger partial charge in [-0.05, 0) is 29.8 Å². The van der Waals surface area contributed by atoms with E-state index in [0.717, 1.165) is 12.1 Å². The number of hydrogen-bond donors (Lipinski definition) is 2. The van der Waals surface area contributed by atoms with Crippen molar-refractivity contribution in [2.24, 2.45) is 0 Å². The Morgan fingerprint density at radius 1 is 1.15 bits per heavy atom. The predicted octanol–water partition coefficient (Wildman–Crippen LogP) is 4.11. The molecule has 1 atom stereocenters. The van der Waals surface area contributed by atoms with E-state index in [1.165, 1.54) is 12.1 Å². The number of rotatable bonds is 7. The molecular weight excluding hydrogens is 406 g/mol. The van der Waals surface area contributed by atoms with Gasteiger partial charge in [0.2, 0.25) is 5.91 Å². The van der Waals surface area contributed by atoms with Gasteiger partial charge in [-0.2, -0.15) is 13.2 Å². The zero-order valence-corrected chi connectivity index (χ0v) is 15.4. The van der Waals surface area contributed by atoms with Crippen molar-refractivity contribution in [1.29, 1.82) is 0 Å². The lowest BCUT2D eigenvalue weighted by Crippen LogP contribution is -2.36. The summed E-state index contributed by atoms with van der Waals surface area (Å²) in [6, 6.07) is 9.13. The zero-order valence-electron chi connectivity index (χ0n) is 13.9. The normalized spacial score (nSPS) is 12.5. The first kappa shape index (κ1) is 21.3. The van der Waals surface area contributed by atoms with E-state index < -0.39 is 23.8 Å². The molecule has 0 aromatic heterocycles. The van der Waals surface area contributed by atoms with Gasteiger partial charge in [-0.25, -0.2) is 0 Å². The molecule has 2 aromatic rings. The molecule has 0 aliphatic rings. The predicted molar refractivity (Wildman–Crippen MR) is 96.1 cm³/mol. The maximum Gasteiger partial charge on any atom is 0.416 e. The van der Waals surface area contributed by atoms with Gasteiger partial charge in [0.1, 0.15) is 23.5 Å². The van der Waals surface area contributed by atoms with E-state index >= 15 is 0 Å². The molecule has 1 amide bonds. The Balaban J connectivity index is 1.77. The van der Waals surface area contributed by atoms with Gasteiger partial charge in [0.25, 0.3) is 0 Å². The van der Waals surface area contributed by atoms with Gasteiger partial charge in [0.05, 0.1) is 17.0 Å². The Bertz CT molecular complexity index is 782. The highest BCUT2D eigenvalue weighted by Gasteiger charge is 2.29. The molecule has 0 saturated heterocycles. The molecule has 1 unspecified atom stereocenters. The number of nitrogens with one attached hydrogen (secondary N) is 1. The number of alkyl halides is 3. The monoisotopic (exact) mass is 421 g/mol. The summed E-state index contributed by atoms with van der Waals surface area (Å²) in [5.41, 5.74) is -0.351. The number of carbonyl (C=O) groups excluding carboxylic acids is 1. The molecule has 0 radical (unpaired) electrons. The van der Waals surface area contributed by atoms with E-state index in [-0.39, 0.29) is 24.6 Å². The SMILES string of the molecule is O=C(Cc1ccc(C(F)(F)F)cc1)NCC(O)COc1cccc(Cl)c1Cl. The highest BCUT2D eigenvalue weighted by atomic mass is 35.5. The van der Waals surface area contributed by atoms with Crippen LogP contribution in [0.4, 0.5) is 13.2 Å². The van der Waals surface area contributed by atoms with E-state index in [0.29, 0.717) is 16.3 Å². The maximum absolute atomic E-state index is 12.5. The van der Waals surface area contributed by atoms with E-state index in [2.05, 4.69) is 5.32 Å². The quantitative estimate of drug-likeness (QED) is 0.706. The molecule has 146 valence electrons. The molecule has 0 bridgehead atoms. The van der Waals surface area contributed by atoms with E-state index in [4.69, 9.17) is 27.9 Å². The number of amides is 1. The average Bonchev–Trinajstić information content (AvgIpc) is 2.61. The maximum atomic E-state index is 12.5. The first-order valence-corrected chi connectivity index (χ1v) is 8.60. The van der Waals surface area contributed by atoms with Gasteiger partial charge in [-0.15, -0.1) is 0 Å². The molecule has 0 aliphatic heterocycles. The van der Waals surface area contributed by atoms with Crippen LogP contribution in [-0.2, 0) is 17.4 Å². The standard InChI is InChI=1S/C18H16Cl2F3NO3/c19-14-2-1-3-15(17(14)20)27-10-13(25)9-24-16(26)8-11-4-6-12(7-5-11)18(21,22)23/h1-7,13,25H,8-10H2,(H,24,26). The largest absolute Gasteiger partial charge is 0.489 e. The van der Waals surface area contributed by atoms with Gasteiger partial charge in [0.15, 0.2) is 0 Å². The van der Waals surface area contributed by atoms with Crippen LogP contribution in [0.2, 0.25) is 10.0 Å². The smallest absolute Gasteiger partial charge is 0.416 e. The molecule has 4 nitrogen and oxygen atoms in total. The van der Waals surface area contributed by atoms with Crippen LogP contribution in [0.3, 0.4) is 0 Å². The minimum Gasteiger partial charge on any atom is -0.489 e. The fourth-order valence-corrected chi connectivity index (χ4v) is 2.48. The number of hydrogen-bond acceptors (Lipinski definition) is 3. The van der Waals surface area contributed by atoms with E-state index in [1.807, 2.05) is 0 Å². The third kappa shape index (κ3) is 6.61. The van der Waals surface area contributed by atoms with Gasteiger partial charge < -0.3 is 15.2 Å². The lowest BCUT2D eigenvalue weighted by Gasteiger charge is -2.14. The third-order valence-electron chi connectivity index (χ3n) is 3.53. The van der Waals surface area contributed by atoms with Crippen LogP contribution < -0.4 is 10.1 Å². The van der Waals surface area contributed by atoms with Crippen LogP contribution in [-0.4, -0.2) is 30.3 Å². The molecule has 2 aromatic carbocycles. The van der Waals surface area contributed by atoms with Gasteiger partial charge in [0, 0.05) is 6.54 Å². The Morgan fingerprint density at radius 3 is 2.44 bits per heavy atom. The molecule has 0 fully saturated rings. The zero-order chi connectivity index (χ0) is 20.0. The minimum absolute atomic E-state index is 0.0857. The number of carbonyl (C=O) groups is 1. The highest BCUT2D eigenvalue weighted by molar-refractivity contribution is 6.42. The Labute approximate surface area is 163 Å². The van der Waals surface area contributed by atoms with Crippen LogP contribution >= 0.6 is 23.2 Å². The summed E-state index contributed by atoms with van der Waals surface area (Å²) in [7, 11) is 0. The molecule has 9 heteroatoms. The minimum atomic E-state index is -4.42. The van der Waals surface area contributed by atoms with Crippen LogP contribution in [0.5, 0.6) is 5.75 Å². The molecule has 2 rings (SSSR count). The first-order chi connectivity index (χ1) is 12.7. The van der Waals surface area contributed by atoms with Gasteiger partial charge in [-0.1, -0.05) is 41.4 Å². The van der Waals surface area contributed by atoms with Crippen LogP contribution in [0.15, 0.2) is 42.5 Å². The van der Waals surface area contributed by atoms with Crippen LogP contribution in [0, 0.1) is 0 Å². The van der Waals surface area contributed by atoms with Crippen LogP contribution in [0.25, 0.3) is 0 Å². The Kier molecular flexibility index (Phi) is 7.35. The van der Waals surface area contributed by atoms with Crippen molar-refractivity contribution in [2.75, 3.05) is 13.2 Å². The summed E-state index contributed by atoms with van der Waals surface area (Å²) in [5, 5.41) is 12.9. The van der Waals surface area contributed by atoms with Crippen molar-refractivity contribution >= 4 is 29.1 Å². The van der Waals surface area contributed by atoms with Crippen molar-refractivity contribution in [3.8, 4) is 5.75 Å². The Hall–Kier alpha value is -1.96. The van der Waals surface area contributed by atoms with Crippen molar-refractivity contribution in [1.82, 2.24) is 5.32 Å². The van der Waals surface area contributed by atoms with Crippen molar-refractivity contribution in [3.05, 3.63) is 63.6 Å². The molecule has 2 N–H and O–H groups in total. The summed E-state index contributed by atoms with van der Waals surface area (Å²) in [6.07, 6.45) is -5.53. The van der Waals surface area contributed by atoms with Crippen molar-refractivity contribution in [3.63, 3.8) is 0 Å². The van der Waals surface area contributed by atoms with Crippen LogP contribution in [0.1, 0.15) is 11.1 Å². The average molecular weight is 422 g/mol. The molecular formula is C18H16Cl2F3NO3. The molecule has 27 heavy (non-hydrogen) atoms. The first-order valence-electron chi connectivity index (χ1n) is 7.84. The second-order valence-corrected chi connectivity index (χ2v) is 6.48. The number of ether oxygens (including phenoxy) is 1. The van der Waals surface area contributed by atoms with Gasteiger partial charge >= 0.3 is 6.18 Å². The summed E-state index contributed by atoms with van der Waals surface area (Å²) < 4.78 is 42.8. The number of halogens is 5. The number of aliphatic hydroxyl groups excluding tert-OH is 1.